The minimum absolute atomic E-state index is 1.06. The normalized spacial score (nSPS) is 12.0. The minimum atomic E-state index is -1.06. The van der Waals surface area contributed by atoms with E-state index < -0.39 is 9.09 Å². The van der Waals surface area contributed by atoms with Gasteiger partial charge >= 0.3 is 57.9 Å². The first-order valence-corrected chi connectivity index (χ1v) is 14.6. The van der Waals surface area contributed by atoms with Crippen molar-refractivity contribution in [3.63, 3.8) is 0 Å². The number of halogens is 2. The molecule has 0 atom stereocenters. The zero-order valence-corrected chi connectivity index (χ0v) is 9.13. The molecule has 0 radical (unpaired) electrons. The van der Waals surface area contributed by atoms with Crippen molar-refractivity contribution in [1.82, 2.24) is 0 Å². The van der Waals surface area contributed by atoms with Gasteiger partial charge in [0.25, 0.3) is 0 Å². The quantitative estimate of drug-likeness (QED) is 0.473. The van der Waals surface area contributed by atoms with E-state index in [1.54, 1.807) is 0 Å². The van der Waals surface area contributed by atoms with E-state index in [4.69, 9.17) is 0 Å². The molecule has 0 nitrogen and oxygen atoms in total. The Morgan fingerprint density at radius 2 is 1.20 bits per heavy atom. The maximum atomic E-state index is 2.55. The van der Waals surface area contributed by atoms with Gasteiger partial charge in [-0.25, -0.2) is 0 Å². The van der Waals surface area contributed by atoms with Gasteiger partial charge < -0.3 is 0 Å². The van der Waals surface area contributed by atoms with Gasteiger partial charge in [-0.2, -0.15) is 0 Å². The van der Waals surface area contributed by atoms with Gasteiger partial charge in [0.05, 0.1) is 0 Å². The zero-order chi connectivity index (χ0) is 4.50. The monoisotopic (exact) mass is 332 g/mol. The molecule has 0 spiro atoms. The second-order valence-corrected chi connectivity index (χ2v) is 36.2. The van der Waals surface area contributed by atoms with Crippen molar-refractivity contribution in [2.45, 2.75) is 10.5 Å². The fraction of sp³-hybridized carbons (Fsp3) is 1.00. The van der Waals surface area contributed by atoms with Crippen molar-refractivity contribution in [3.05, 3.63) is 0 Å². The molecular formula is C2H6I2Ti. The van der Waals surface area contributed by atoms with Crippen LogP contribution in [0.3, 0.4) is 0 Å². The molecule has 0 aromatic rings. The maximum absolute atomic E-state index is 2.55. The Kier molecular flexibility index (Phi) is 3.55. The van der Waals surface area contributed by atoms with E-state index in [1.807, 2.05) is 0 Å². The third-order valence-electron chi connectivity index (χ3n) is 0. The average molecular weight is 332 g/mol. The fourth-order valence-corrected chi connectivity index (χ4v) is 0. The Morgan fingerprint density at radius 1 is 1.20 bits per heavy atom. The summed E-state index contributed by atoms with van der Waals surface area (Å²) in [6.45, 7) is 0. The molecule has 0 heterocycles. The Balaban J connectivity index is 3.02. The summed E-state index contributed by atoms with van der Waals surface area (Å²) in [4.78, 5) is 0. The summed E-state index contributed by atoms with van der Waals surface area (Å²) in [5, 5.41) is 4.70. The van der Waals surface area contributed by atoms with E-state index in [9.17, 15) is 0 Å². The summed E-state index contributed by atoms with van der Waals surface area (Å²) in [5.41, 5.74) is 0. The molecule has 0 aliphatic rings. The first-order chi connectivity index (χ1) is 2.00. The van der Waals surface area contributed by atoms with Gasteiger partial charge in [-0.15, -0.1) is 0 Å². The molecule has 0 unspecified atom stereocenters. The fourth-order valence-electron chi connectivity index (χ4n) is 0. The molecule has 0 fully saturated rings. The molecule has 0 amide bonds. The number of rotatable bonds is 0. The first kappa shape index (κ1) is 7.17. The van der Waals surface area contributed by atoms with Crippen LogP contribution in [0.15, 0.2) is 0 Å². The van der Waals surface area contributed by atoms with Gasteiger partial charge in [0.15, 0.2) is 0 Å². The van der Waals surface area contributed by atoms with Crippen LogP contribution in [0.2, 0.25) is 10.5 Å². The molecule has 0 N–H and O–H groups in total. The molecule has 0 aromatic heterocycles. The summed E-state index contributed by atoms with van der Waals surface area (Å²) in [5.74, 6) is 0. The molecule has 0 saturated carbocycles. The van der Waals surface area contributed by atoms with Gasteiger partial charge in [0, 0.05) is 0 Å². The van der Waals surface area contributed by atoms with Gasteiger partial charge in [0.1, 0.15) is 0 Å². The van der Waals surface area contributed by atoms with Crippen LogP contribution in [0, 0.1) is 0 Å². The molecule has 0 rings (SSSR count). The topological polar surface area (TPSA) is 0 Å². The molecule has 5 heavy (non-hydrogen) atoms. The van der Waals surface area contributed by atoms with Gasteiger partial charge in [-0.05, 0) is 0 Å². The zero-order valence-electron chi connectivity index (χ0n) is 3.26. The van der Waals surface area contributed by atoms with Crippen molar-refractivity contribution in [1.29, 1.82) is 0 Å². The van der Waals surface area contributed by atoms with Gasteiger partial charge in [-0.1, -0.05) is 0 Å². The van der Waals surface area contributed by atoms with Crippen LogP contribution in [0.1, 0.15) is 0 Å². The average Bonchev–Trinajstić information content (AvgIpc) is 0.722. The Bertz CT molecular complexity index is 23.1. The van der Waals surface area contributed by atoms with Crippen LogP contribution in [0.4, 0.5) is 0 Å². The number of hydrogen-bond donors (Lipinski definition) is 0. The number of hydrogen-bond acceptors (Lipinski definition) is 0. The molecule has 32 valence electrons. The molecule has 0 bridgehead atoms. The predicted octanol–water partition coefficient (Wildman–Crippen LogP) is 2.94. The van der Waals surface area contributed by atoms with E-state index in [0.29, 0.717) is 0 Å². The van der Waals surface area contributed by atoms with E-state index in [1.165, 1.54) is 0 Å². The van der Waals surface area contributed by atoms with Crippen LogP contribution in [-0.4, -0.2) is 0 Å². The summed E-state index contributed by atoms with van der Waals surface area (Å²) < 4.78 is 0. The van der Waals surface area contributed by atoms with E-state index in [0.717, 1.165) is 0 Å². The Labute approximate surface area is 56.8 Å². The standard InChI is InChI=1S/2CH3.2HI.Ti/h2*1H3;2*1H;/q;;;;+2/p-2. The van der Waals surface area contributed by atoms with E-state index in [-0.39, 0.29) is 0 Å². The summed E-state index contributed by atoms with van der Waals surface area (Å²) >= 11 is 5.10. The molecule has 0 aromatic carbocycles. The van der Waals surface area contributed by atoms with Crippen LogP contribution >= 0.6 is 38.4 Å². The molecule has 0 aliphatic heterocycles. The van der Waals surface area contributed by atoms with E-state index in [2.05, 4.69) is 48.8 Å². The Hall–Kier alpha value is 2.17. The molecular weight excluding hydrogens is 326 g/mol. The summed E-state index contributed by atoms with van der Waals surface area (Å²) in [7, 11) is -1.06. The van der Waals surface area contributed by atoms with Crippen LogP contribution in [-0.2, 0) is 9.09 Å². The summed E-state index contributed by atoms with van der Waals surface area (Å²) in [6, 6.07) is 0. The van der Waals surface area contributed by atoms with Crippen LogP contribution in [0.5, 0.6) is 0 Å². The van der Waals surface area contributed by atoms with Gasteiger partial charge in [-0.3, -0.25) is 0 Å². The predicted molar refractivity (Wildman–Crippen MR) is 39.8 cm³/mol. The SMILES string of the molecule is [CH3][Ti]([CH3])([I])[I]. The molecule has 0 saturated heterocycles. The van der Waals surface area contributed by atoms with E-state index >= 15 is 0 Å². The van der Waals surface area contributed by atoms with Crippen molar-refractivity contribution >= 4 is 38.4 Å². The first-order valence-electron chi connectivity index (χ1n) is 1.38. The second kappa shape index (κ2) is 2.47. The third-order valence-corrected chi connectivity index (χ3v) is 0. The van der Waals surface area contributed by atoms with Crippen LogP contribution in [0.25, 0.3) is 0 Å². The van der Waals surface area contributed by atoms with Gasteiger partial charge in [0.2, 0.25) is 0 Å². The van der Waals surface area contributed by atoms with Crippen molar-refractivity contribution in [3.8, 4) is 0 Å². The third kappa shape index (κ3) is 22.8. The van der Waals surface area contributed by atoms with Crippen LogP contribution < -0.4 is 0 Å². The Morgan fingerprint density at radius 3 is 1.20 bits per heavy atom. The second-order valence-electron chi connectivity index (χ2n) is 1.33. The van der Waals surface area contributed by atoms with Crippen molar-refractivity contribution in [2.24, 2.45) is 0 Å². The molecule has 3 heteroatoms. The molecule has 0 aliphatic carbocycles. The van der Waals surface area contributed by atoms with Crippen molar-refractivity contribution in [2.75, 3.05) is 0 Å². The summed E-state index contributed by atoms with van der Waals surface area (Å²) in [6.07, 6.45) is 0. The van der Waals surface area contributed by atoms with Crippen molar-refractivity contribution < 1.29 is 9.09 Å².